The molecule has 0 unspecified atom stereocenters. The highest BCUT2D eigenvalue weighted by atomic mass is 35.5. The third-order valence-corrected chi connectivity index (χ3v) is 2.62. The number of likely N-dealkylation sites (N-methyl/N-ethyl adjacent to an activating group) is 1. The lowest BCUT2D eigenvalue weighted by molar-refractivity contribution is 0.242. The molecule has 0 saturated heterocycles. The lowest BCUT2D eigenvalue weighted by Gasteiger charge is -2.17. The third kappa shape index (κ3) is 4.94. The first-order chi connectivity index (χ1) is 8.02. The molecule has 0 aliphatic rings. The zero-order valence-electron chi connectivity index (χ0n) is 10.7. The molecule has 4 heteroatoms. The second-order valence-corrected chi connectivity index (χ2v) is 4.87. The Morgan fingerprint density at radius 1 is 1.41 bits per heavy atom. The Hall–Kier alpha value is -0.770. The van der Waals surface area contributed by atoms with Gasteiger partial charge in [0, 0.05) is 19.6 Å². The number of nitrogens with two attached hydrogens (primary N) is 1. The quantitative estimate of drug-likeness (QED) is 0.850. The SMILES string of the molecule is CC(C)Oc1ccc(CN(C)CCN)cc1Cl. The van der Waals surface area contributed by atoms with E-state index in [1.807, 2.05) is 39.1 Å². The Morgan fingerprint density at radius 2 is 2.12 bits per heavy atom. The van der Waals surface area contributed by atoms with Gasteiger partial charge in [-0.2, -0.15) is 0 Å². The second-order valence-electron chi connectivity index (χ2n) is 4.46. The van der Waals surface area contributed by atoms with Gasteiger partial charge < -0.3 is 15.4 Å². The molecule has 0 bridgehead atoms. The summed E-state index contributed by atoms with van der Waals surface area (Å²) in [7, 11) is 2.04. The lowest BCUT2D eigenvalue weighted by Crippen LogP contribution is -2.24. The normalized spacial score (nSPS) is 11.2. The molecule has 1 rings (SSSR count). The van der Waals surface area contributed by atoms with E-state index in [0.717, 1.165) is 18.8 Å². The Bertz CT molecular complexity index is 355. The minimum Gasteiger partial charge on any atom is -0.489 e. The first kappa shape index (κ1) is 14.3. The van der Waals surface area contributed by atoms with Gasteiger partial charge in [0.15, 0.2) is 0 Å². The highest BCUT2D eigenvalue weighted by Gasteiger charge is 2.06. The van der Waals surface area contributed by atoms with E-state index < -0.39 is 0 Å². The molecule has 0 aliphatic heterocycles. The molecule has 0 aliphatic carbocycles. The van der Waals surface area contributed by atoms with Gasteiger partial charge >= 0.3 is 0 Å². The van der Waals surface area contributed by atoms with E-state index in [9.17, 15) is 0 Å². The summed E-state index contributed by atoms with van der Waals surface area (Å²) in [6.07, 6.45) is 0.137. The van der Waals surface area contributed by atoms with Crippen molar-refractivity contribution in [2.75, 3.05) is 20.1 Å². The standard InChI is InChI=1S/C13H21ClN2O/c1-10(2)17-13-5-4-11(8-12(13)14)9-16(3)7-6-15/h4-5,8,10H,6-7,9,15H2,1-3H3. The molecular weight excluding hydrogens is 236 g/mol. The van der Waals surface area contributed by atoms with Crippen LogP contribution in [0.25, 0.3) is 0 Å². The van der Waals surface area contributed by atoms with Gasteiger partial charge in [0.05, 0.1) is 11.1 Å². The average molecular weight is 257 g/mol. The zero-order valence-corrected chi connectivity index (χ0v) is 11.5. The van der Waals surface area contributed by atoms with E-state index in [1.54, 1.807) is 0 Å². The van der Waals surface area contributed by atoms with Crippen LogP contribution in [-0.4, -0.2) is 31.1 Å². The molecule has 0 fully saturated rings. The Kier molecular flexibility index (Phi) is 5.75. The summed E-state index contributed by atoms with van der Waals surface area (Å²) in [5.74, 6) is 0.742. The topological polar surface area (TPSA) is 38.5 Å². The van der Waals surface area contributed by atoms with Crippen molar-refractivity contribution in [2.45, 2.75) is 26.5 Å². The van der Waals surface area contributed by atoms with Crippen LogP contribution in [-0.2, 0) is 6.54 Å². The van der Waals surface area contributed by atoms with Crippen molar-refractivity contribution >= 4 is 11.6 Å². The van der Waals surface area contributed by atoms with Gasteiger partial charge in [0.2, 0.25) is 0 Å². The fourth-order valence-electron chi connectivity index (χ4n) is 1.60. The summed E-state index contributed by atoms with van der Waals surface area (Å²) in [6, 6.07) is 5.91. The van der Waals surface area contributed by atoms with Crippen LogP contribution >= 0.6 is 11.6 Å². The number of benzene rings is 1. The monoisotopic (exact) mass is 256 g/mol. The van der Waals surface area contributed by atoms with Crippen molar-refractivity contribution in [3.05, 3.63) is 28.8 Å². The van der Waals surface area contributed by atoms with Crippen molar-refractivity contribution < 1.29 is 4.74 Å². The fraction of sp³-hybridized carbons (Fsp3) is 0.538. The molecule has 0 aromatic heterocycles. The van der Waals surface area contributed by atoms with Crippen LogP contribution in [0.1, 0.15) is 19.4 Å². The number of halogens is 1. The molecule has 0 spiro atoms. The molecule has 0 atom stereocenters. The predicted molar refractivity (Wildman–Crippen MR) is 72.6 cm³/mol. The summed E-state index contributed by atoms with van der Waals surface area (Å²) in [5, 5.41) is 0.664. The molecule has 0 saturated carbocycles. The minimum atomic E-state index is 0.137. The number of hydrogen-bond acceptors (Lipinski definition) is 3. The Balaban J connectivity index is 2.68. The van der Waals surface area contributed by atoms with Crippen molar-refractivity contribution in [3.63, 3.8) is 0 Å². The predicted octanol–water partition coefficient (Wildman–Crippen LogP) is 2.52. The maximum atomic E-state index is 6.17. The molecule has 3 nitrogen and oxygen atoms in total. The van der Waals surface area contributed by atoms with Crippen LogP contribution < -0.4 is 10.5 Å². The van der Waals surface area contributed by atoms with E-state index in [2.05, 4.69) is 4.90 Å². The van der Waals surface area contributed by atoms with Crippen LogP contribution in [0.15, 0.2) is 18.2 Å². The van der Waals surface area contributed by atoms with Crippen molar-refractivity contribution in [3.8, 4) is 5.75 Å². The molecule has 2 N–H and O–H groups in total. The molecule has 17 heavy (non-hydrogen) atoms. The van der Waals surface area contributed by atoms with E-state index in [0.29, 0.717) is 11.6 Å². The highest BCUT2D eigenvalue weighted by molar-refractivity contribution is 6.32. The minimum absolute atomic E-state index is 0.137. The van der Waals surface area contributed by atoms with Gasteiger partial charge in [-0.25, -0.2) is 0 Å². The second kappa shape index (κ2) is 6.84. The summed E-state index contributed by atoms with van der Waals surface area (Å²) in [6.45, 7) is 6.36. The number of ether oxygens (including phenoxy) is 1. The number of rotatable bonds is 6. The highest BCUT2D eigenvalue weighted by Crippen LogP contribution is 2.26. The van der Waals surface area contributed by atoms with E-state index >= 15 is 0 Å². The summed E-state index contributed by atoms with van der Waals surface area (Å²) in [5.41, 5.74) is 6.67. The van der Waals surface area contributed by atoms with Crippen molar-refractivity contribution in [2.24, 2.45) is 5.73 Å². The van der Waals surface area contributed by atoms with Crippen LogP contribution in [0.5, 0.6) is 5.75 Å². The molecule has 1 aromatic carbocycles. The van der Waals surface area contributed by atoms with Gasteiger partial charge in [0.1, 0.15) is 5.75 Å². The van der Waals surface area contributed by atoms with Crippen LogP contribution in [0.3, 0.4) is 0 Å². The van der Waals surface area contributed by atoms with Crippen molar-refractivity contribution in [1.82, 2.24) is 4.90 Å². The average Bonchev–Trinajstić information content (AvgIpc) is 2.22. The first-order valence-corrected chi connectivity index (χ1v) is 6.24. The van der Waals surface area contributed by atoms with Crippen LogP contribution in [0.4, 0.5) is 0 Å². The van der Waals surface area contributed by atoms with E-state index in [4.69, 9.17) is 22.1 Å². The van der Waals surface area contributed by atoms with Crippen LogP contribution in [0, 0.1) is 0 Å². The number of nitrogens with zero attached hydrogens (tertiary/aromatic N) is 1. The number of hydrogen-bond donors (Lipinski definition) is 1. The molecule has 0 radical (unpaired) electrons. The van der Waals surface area contributed by atoms with E-state index in [1.165, 1.54) is 5.56 Å². The lowest BCUT2D eigenvalue weighted by atomic mass is 10.2. The van der Waals surface area contributed by atoms with Gasteiger partial charge in [0.25, 0.3) is 0 Å². The maximum Gasteiger partial charge on any atom is 0.138 e. The fourth-order valence-corrected chi connectivity index (χ4v) is 1.85. The van der Waals surface area contributed by atoms with Crippen LogP contribution in [0.2, 0.25) is 5.02 Å². The molecule has 0 amide bonds. The van der Waals surface area contributed by atoms with Gasteiger partial charge in [-0.15, -0.1) is 0 Å². The summed E-state index contributed by atoms with van der Waals surface area (Å²) >= 11 is 6.17. The zero-order chi connectivity index (χ0) is 12.8. The van der Waals surface area contributed by atoms with Gasteiger partial charge in [-0.1, -0.05) is 17.7 Å². The molecule has 0 heterocycles. The summed E-state index contributed by atoms with van der Waals surface area (Å²) < 4.78 is 5.59. The first-order valence-electron chi connectivity index (χ1n) is 5.86. The molecule has 96 valence electrons. The molecule has 1 aromatic rings. The van der Waals surface area contributed by atoms with Gasteiger partial charge in [-0.05, 0) is 38.6 Å². The maximum absolute atomic E-state index is 6.17. The smallest absolute Gasteiger partial charge is 0.138 e. The third-order valence-electron chi connectivity index (χ3n) is 2.32. The van der Waals surface area contributed by atoms with E-state index in [-0.39, 0.29) is 6.10 Å². The molecular formula is C13H21ClN2O. The van der Waals surface area contributed by atoms with Gasteiger partial charge in [-0.3, -0.25) is 0 Å². The Labute approximate surface area is 109 Å². The Morgan fingerprint density at radius 3 is 2.65 bits per heavy atom. The van der Waals surface area contributed by atoms with Crippen molar-refractivity contribution in [1.29, 1.82) is 0 Å². The largest absolute Gasteiger partial charge is 0.489 e. The summed E-state index contributed by atoms with van der Waals surface area (Å²) in [4.78, 5) is 2.16.